The molecule has 3 heterocycles. The van der Waals surface area contributed by atoms with Crippen LogP contribution in [0.25, 0.3) is 0 Å². The third-order valence-electron chi connectivity index (χ3n) is 7.07. The van der Waals surface area contributed by atoms with Gasteiger partial charge in [-0.1, -0.05) is 44.2 Å². The van der Waals surface area contributed by atoms with Crippen LogP contribution in [0.2, 0.25) is 0 Å². The first-order valence-corrected chi connectivity index (χ1v) is 13.8. The van der Waals surface area contributed by atoms with Gasteiger partial charge in [0, 0.05) is 25.7 Å². The first kappa shape index (κ1) is 29.5. The minimum absolute atomic E-state index is 0.122. The average Bonchev–Trinajstić information content (AvgIpc) is 3.56. The Bertz CT molecular complexity index is 1360. The van der Waals surface area contributed by atoms with Gasteiger partial charge in [0.25, 0.3) is 11.8 Å². The number of hydrogen-bond acceptors (Lipinski definition) is 7. The summed E-state index contributed by atoms with van der Waals surface area (Å²) in [4.78, 5) is 57.3. The molecule has 2 aromatic heterocycles. The summed E-state index contributed by atoms with van der Waals surface area (Å²) in [6.07, 6.45) is 2.87. The summed E-state index contributed by atoms with van der Waals surface area (Å²) in [5.74, 6) is -1.74. The monoisotopic (exact) mass is 563 g/mol. The Balaban J connectivity index is 1.63. The van der Waals surface area contributed by atoms with Crippen LogP contribution in [0.4, 0.5) is 0 Å². The van der Waals surface area contributed by atoms with Crippen molar-refractivity contribution < 1.29 is 23.6 Å². The quantitative estimate of drug-likeness (QED) is 0.369. The first-order valence-electron chi connectivity index (χ1n) is 13.8. The van der Waals surface area contributed by atoms with Crippen molar-refractivity contribution >= 4 is 23.6 Å². The van der Waals surface area contributed by atoms with E-state index < -0.39 is 41.8 Å². The van der Waals surface area contributed by atoms with E-state index in [0.717, 1.165) is 11.3 Å². The standard InChI is InChI=1S/C29H37N7O5/c1-17(2)24-29-33-23(16-41-29)25(37)30-13-9-8-12-20(31-28(40)22-14-18(3)36(4)35-22)26(38)32-21(27(39)34-24)15-19-10-6-5-7-11-19/h5-7,10-11,14,16-17,20-21,24H,8-9,12-13,15H2,1-4H3,(H,30,37)(H,31,40)(H,32,38)(H,34,39)/t20-,21-,24-/m0/s1. The molecule has 12 nitrogen and oxygen atoms in total. The summed E-state index contributed by atoms with van der Waals surface area (Å²) in [5.41, 5.74) is 1.96. The Morgan fingerprint density at radius 1 is 1.12 bits per heavy atom. The number of aromatic nitrogens is 3. The van der Waals surface area contributed by atoms with Gasteiger partial charge in [0.15, 0.2) is 5.69 Å². The van der Waals surface area contributed by atoms with Gasteiger partial charge in [-0.05, 0) is 43.7 Å². The number of aryl methyl sites for hydroxylation is 2. The van der Waals surface area contributed by atoms with Crippen molar-refractivity contribution in [2.24, 2.45) is 13.0 Å². The Labute approximate surface area is 238 Å². The van der Waals surface area contributed by atoms with Crippen molar-refractivity contribution in [2.75, 3.05) is 6.54 Å². The number of amides is 4. The summed E-state index contributed by atoms with van der Waals surface area (Å²) >= 11 is 0. The fourth-order valence-electron chi connectivity index (χ4n) is 4.57. The molecule has 0 unspecified atom stereocenters. The van der Waals surface area contributed by atoms with Gasteiger partial charge < -0.3 is 25.7 Å². The number of benzene rings is 1. The van der Waals surface area contributed by atoms with Crippen molar-refractivity contribution in [1.82, 2.24) is 36.0 Å². The maximum absolute atomic E-state index is 13.7. The Morgan fingerprint density at radius 3 is 2.56 bits per heavy atom. The molecule has 0 spiro atoms. The molecule has 1 aliphatic heterocycles. The fourth-order valence-corrected chi connectivity index (χ4v) is 4.57. The molecule has 218 valence electrons. The molecule has 0 aliphatic carbocycles. The van der Waals surface area contributed by atoms with Gasteiger partial charge in [0.2, 0.25) is 17.7 Å². The molecule has 0 saturated heterocycles. The second-order valence-electron chi connectivity index (χ2n) is 10.6. The normalized spacial score (nSPS) is 20.7. The number of rotatable bonds is 5. The van der Waals surface area contributed by atoms with Gasteiger partial charge in [0.05, 0.1) is 0 Å². The van der Waals surface area contributed by atoms with E-state index in [9.17, 15) is 19.2 Å². The number of carbonyl (C=O) groups is 4. The lowest BCUT2D eigenvalue weighted by Crippen LogP contribution is -2.55. The largest absolute Gasteiger partial charge is 0.446 e. The highest BCUT2D eigenvalue weighted by atomic mass is 16.3. The van der Waals surface area contributed by atoms with Gasteiger partial charge in [-0.15, -0.1) is 0 Å². The highest BCUT2D eigenvalue weighted by Gasteiger charge is 2.31. The zero-order chi connectivity index (χ0) is 29.5. The number of hydrogen-bond donors (Lipinski definition) is 4. The molecule has 2 bridgehead atoms. The van der Waals surface area contributed by atoms with Gasteiger partial charge in [-0.3, -0.25) is 23.9 Å². The van der Waals surface area contributed by atoms with Crippen molar-refractivity contribution in [3.8, 4) is 0 Å². The summed E-state index contributed by atoms with van der Waals surface area (Å²) in [6, 6.07) is 8.47. The molecular weight excluding hydrogens is 526 g/mol. The van der Waals surface area contributed by atoms with Crippen molar-refractivity contribution in [1.29, 1.82) is 0 Å². The third kappa shape index (κ3) is 7.59. The molecule has 4 amide bonds. The number of nitrogens with zero attached hydrogens (tertiary/aromatic N) is 3. The second kappa shape index (κ2) is 13.2. The van der Waals surface area contributed by atoms with Crippen LogP contribution in [-0.2, 0) is 23.1 Å². The molecule has 1 aromatic carbocycles. The summed E-state index contributed by atoms with van der Waals surface area (Å²) in [5, 5.41) is 15.6. The van der Waals surface area contributed by atoms with E-state index in [-0.39, 0.29) is 29.6 Å². The topological polar surface area (TPSA) is 160 Å². The van der Waals surface area contributed by atoms with Crippen LogP contribution in [0.15, 0.2) is 47.1 Å². The zero-order valence-electron chi connectivity index (χ0n) is 23.8. The minimum Gasteiger partial charge on any atom is -0.446 e. The highest BCUT2D eigenvalue weighted by Crippen LogP contribution is 2.22. The van der Waals surface area contributed by atoms with Gasteiger partial charge in [-0.2, -0.15) is 5.10 Å². The van der Waals surface area contributed by atoms with Crippen LogP contribution in [0.1, 0.15) is 77.3 Å². The Morgan fingerprint density at radius 2 is 1.88 bits per heavy atom. The van der Waals surface area contributed by atoms with Crippen LogP contribution in [0.5, 0.6) is 0 Å². The summed E-state index contributed by atoms with van der Waals surface area (Å²) in [6.45, 7) is 5.96. The lowest BCUT2D eigenvalue weighted by molar-refractivity contribution is -0.130. The Kier molecular flexibility index (Phi) is 9.53. The molecule has 1 aliphatic rings. The van der Waals surface area contributed by atoms with E-state index in [1.54, 1.807) is 17.8 Å². The lowest BCUT2D eigenvalue weighted by Gasteiger charge is -2.26. The number of nitrogens with one attached hydrogen (secondary N) is 4. The van der Waals surface area contributed by atoms with Crippen LogP contribution in [-0.4, -0.2) is 57.0 Å². The fraction of sp³-hybridized carbons (Fsp3) is 0.448. The third-order valence-corrected chi connectivity index (χ3v) is 7.07. The van der Waals surface area contributed by atoms with E-state index in [2.05, 4.69) is 31.3 Å². The van der Waals surface area contributed by atoms with E-state index in [0.29, 0.717) is 25.8 Å². The predicted octanol–water partition coefficient (Wildman–Crippen LogP) is 1.97. The average molecular weight is 564 g/mol. The smallest absolute Gasteiger partial charge is 0.273 e. The van der Waals surface area contributed by atoms with Gasteiger partial charge >= 0.3 is 0 Å². The van der Waals surface area contributed by atoms with E-state index in [1.807, 2.05) is 51.1 Å². The minimum atomic E-state index is -0.951. The predicted molar refractivity (Wildman–Crippen MR) is 150 cm³/mol. The van der Waals surface area contributed by atoms with Crippen molar-refractivity contribution in [3.05, 3.63) is 71.2 Å². The first-order chi connectivity index (χ1) is 19.6. The highest BCUT2D eigenvalue weighted by molar-refractivity contribution is 5.97. The van der Waals surface area contributed by atoms with Crippen LogP contribution in [0, 0.1) is 12.8 Å². The Hall–Kier alpha value is -4.48. The van der Waals surface area contributed by atoms with Gasteiger partial charge in [0.1, 0.15) is 30.1 Å². The molecular formula is C29H37N7O5. The van der Waals surface area contributed by atoms with Crippen molar-refractivity contribution in [3.63, 3.8) is 0 Å². The number of fused-ring (bicyclic) bond motifs is 2. The van der Waals surface area contributed by atoms with Crippen LogP contribution >= 0.6 is 0 Å². The van der Waals surface area contributed by atoms with Crippen molar-refractivity contribution in [2.45, 2.75) is 64.6 Å². The molecule has 4 N–H and O–H groups in total. The molecule has 41 heavy (non-hydrogen) atoms. The molecule has 3 atom stereocenters. The maximum Gasteiger partial charge on any atom is 0.273 e. The number of oxazole rings is 1. The molecule has 0 saturated carbocycles. The van der Waals surface area contributed by atoms with Crippen LogP contribution in [0.3, 0.4) is 0 Å². The SMILES string of the molecule is Cc1cc(C(=O)N[C@H]2CCCCNC(=O)c3coc(n3)[C@H](C(C)C)NC(=O)[C@H](Cc3ccccc3)NC2=O)nn1C. The molecule has 12 heteroatoms. The maximum atomic E-state index is 13.7. The van der Waals surface area contributed by atoms with Crippen LogP contribution < -0.4 is 21.3 Å². The summed E-state index contributed by atoms with van der Waals surface area (Å²) < 4.78 is 7.17. The molecule has 3 aromatic rings. The zero-order valence-corrected chi connectivity index (χ0v) is 23.8. The second-order valence-corrected chi connectivity index (χ2v) is 10.6. The summed E-state index contributed by atoms with van der Waals surface area (Å²) in [7, 11) is 1.73. The lowest BCUT2D eigenvalue weighted by atomic mass is 10.0. The van der Waals surface area contributed by atoms with E-state index in [4.69, 9.17) is 4.42 Å². The van der Waals surface area contributed by atoms with E-state index in [1.165, 1.54) is 6.26 Å². The molecule has 0 fully saturated rings. The molecule has 4 rings (SSSR count). The molecule has 0 radical (unpaired) electrons. The number of carbonyl (C=O) groups excluding carboxylic acids is 4. The van der Waals surface area contributed by atoms with E-state index >= 15 is 0 Å². The van der Waals surface area contributed by atoms with Gasteiger partial charge in [-0.25, -0.2) is 4.98 Å².